The molecule has 0 saturated heterocycles. The number of hydrogen-bond donors (Lipinski definition) is 2. The number of carbonyl (C=O) groups is 1. The number of carbonyl (C=O) groups excluding carboxylic acids is 1. The Morgan fingerprint density at radius 3 is 3.12 bits per heavy atom. The van der Waals surface area contributed by atoms with Crippen molar-refractivity contribution in [2.24, 2.45) is 0 Å². The van der Waals surface area contributed by atoms with E-state index in [1.54, 1.807) is 12.4 Å². The number of nitrogens with one attached hydrogen (secondary N) is 1. The second-order valence-electron chi connectivity index (χ2n) is 3.39. The van der Waals surface area contributed by atoms with Gasteiger partial charge in [0.15, 0.2) is 0 Å². The third-order valence-electron chi connectivity index (χ3n) is 2.11. The summed E-state index contributed by atoms with van der Waals surface area (Å²) in [7, 11) is 1.34. The average molecular weight is 224 g/mol. The zero-order chi connectivity index (χ0) is 11.8. The summed E-state index contributed by atoms with van der Waals surface area (Å²) in [4.78, 5) is 14.8. The zero-order valence-electron chi connectivity index (χ0n) is 9.22. The van der Waals surface area contributed by atoms with Gasteiger partial charge >= 0.3 is 5.97 Å². The number of anilines is 1. The van der Waals surface area contributed by atoms with Gasteiger partial charge in [0.2, 0.25) is 0 Å². The number of esters is 1. The van der Waals surface area contributed by atoms with Crippen LogP contribution in [0.3, 0.4) is 0 Å². The lowest BCUT2D eigenvalue weighted by Gasteiger charge is -2.11. The Morgan fingerprint density at radius 2 is 2.50 bits per heavy atom. The van der Waals surface area contributed by atoms with E-state index >= 15 is 0 Å². The first-order valence-electron chi connectivity index (χ1n) is 5.11. The molecule has 16 heavy (non-hydrogen) atoms. The fourth-order valence-electron chi connectivity index (χ4n) is 1.19. The molecule has 1 rings (SSSR count). The van der Waals surface area contributed by atoms with E-state index in [4.69, 9.17) is 0 Å². The third-order valence-corrected chi connectivity index (χ3v) is 2.11. The van der Waals surface area contributed by atoms with Gasteiger partial charge < -0.3 is 15.2 Å². The number of methoxy groups -OCH3 is 1. The number of rotatable bonds is 6. The lowest BCUT2D eigenvalue weighted by atomic mass is 10.2. The molecule has 1 aromatic rings. The number of hydrogen-bond acceptors (Lipinski definition) is 5. The van der Waals surface area contributed by atoms with E-state index in [0.29, 0.717) is 13.0 Å². The van der Waals surface area contributed by atoms with Crippen molar-refractivity contribution in [2.45, 2.75) is 18.9 Å². The summed E-state index contributed by atoms with van der Waals surface area (Å²) in [5, 5.41) is 12.6. The van der Waals surface area contributed by atoms with Crippen molar-refractivity contribution in [1.82, 2.24) is 4.98 Å². The molecule has 1 heterocycles. The lowest BCUT2D eigenvalue weighted by Crippen LogP contribution is -2.20. The molecule has 0 aliphatic rings. The predicted molar refractivity (Wildman–Crippen MR) is 60.0 cm³/mol. The van der Waals surface area contributed by atoms with Crippen LogP contribution < -0.4 is 5.32 Å². The van der Waals surface area contributed by atoms with Crippen molar-refractivity contribution < 1.29 is 14.6 Å². The van der Waals surface area contributed by atoms with Gasteiger partial charge in [0.1, 0.15) is 0 Å². The van der Waals surface area contributed by atoms with Crippen molar-refractivity contribution in [3.63, 3.8) is 0 Å². The van der Waals surface area contributed by atoms with E-state index in [1.165, 1.54) is 7.11 Å². The lowest BCUT2D eigenvalue weighted by molar-refractivity contribution is -0.141. The minimum atomic E-state index is -0.570. The van der Waals surface area contributed by atoms with E-state index in [1.807, 2.05) is 12.1 Å². The number of aliphatic hydroxyl groups excluding tert-OH is 1. The van der Waals surface area contributed by atoms with Crippen molar-refractivity contribution in [3.05, 3.63) is 24.5 Å². The highest BCUT2D eigenvalue weighted by molar-refractivity contribution is 5.69. The molecule has 1 atom stereocenters. The van der Waals surface area contributed by atoms with Crippen LogP contribution in [0, 0.1) is 0 Å². The van der Waals surface area contributed by atoms with Crippen LogP contribution in [-0.4, -0.2) is 35.8 Å². The number of ether oxygens (including phenoxy) is 1. The van der Waals surface area contributed by atoms with Crippen LogP contribution >= 0.6 is 0 Å². The topological polar surface area (TPSA) is 71.5 Å². The molecule has 2 N–H and O–H groups in total. The van der Waals surface area contributed by atoms with Crippen molar-refractivity contribution >= 4 is 11.7 Å². The van der Waals surface area contributed by atoms with Gasteiger partial charge in [-0.25, -0.2) is 0 Å². The van der Waals surface area contributed by atoms with Crippen LogP contribution in [0.15, 0.2) is 24.5 Å². The molecule has 1 unspecified atom stereocenters. The van der Waals surface area contributed by atoms with Gasteiger partial charge in [0.25, 0.3) is 0 Å². The Morgan fingerprint density at radius 1 is 1.69 bits per heavy atom. The fraction of sp³-hybridized carbons (Fsp3) is 0.455. The summed E-state index contributed by atoms with van der Waals surface area (Å²) in [5.41, 5.74) is 0.847. The average Bonchev–Trinajstić information content (AvgIpc) is 2.34. The molecule has 0 spiro atoms. The summed E-state index contributed by atoms with van der Waals surface area (Å²) in [6.07, 6.45) is 3.40. The van der Waals surface area contributed by atoms with E-state index in [-0.39, 0.29) is 12.4 Å². The van der Waals surface area contributed by atoms with Gasteiger partial charge in [-0.05, 0) is 18.6 Å². The van der Waals surface area contributed by atoms with E-state index in [9.17, 15) is 9.90 Å². The molecule has 0 fully saturated rings. The third kappa shape index (κ3) is 4.75. The molecule has 5 heteroatoms. The van der Waals surface area contributed by atoms with Gasteiger partial charge in [-0.1, -0.05) is 0 Å². The van der Waals surface area contributed by atoms with Gasteiger partial charge in [0, 0.05) is 25.4 Å². The standard InChI is InChI=1S/C11H16N2O3/c1-16-11(15)5-4-10(14)8-13-9-3-2-6-12-7-9/h2-3,6-7,10,13-14H,4-5,8H2,1H3. The molecule has 0 saturated carbocycles. The molecule has 0 aromatic carbocycles. The Bertz CT molecular complexity index is 316. The fourth-order valence-corrected chi connectivity index (χ4v) is 1.19. The van der Waals surface area contributed by atoms with Crippen molar-refractivity contribution in [1.29, 1.82) is 0 Å². The van der Waals surface area contributed by atoms with E-state index < -0.39 is 6.10 Å². The maximum absolute atomic E-state index is 10.8. The predicted octanol–water partition coefficient (Wildman–Crippen LogP) is 0.808. The SMILES string of the molecule is COC(=O)CCC(O)CNc1cccnc1. The second-order valence-corrected chi connectivity index (χ2v) is 3.39. The van der Waals surface area contributed by atoms with Gasteiger partial charge in [0.05, 0.1) is 18.9 Å². The molecule has 0 aliphatic heterocycles. The molecule has 0 bridgehead atoms. The smallest absolute Gasteiger partial charge is 0.305 e. The van der Waals surface area contributed by atoms with Crippen LogP contribution in [0.2, 0.25) is 0 Å². The van der Waals surface area contributed by atoms with Gasteiger partial charge in [-0.2, -0.15) is 0 Å². The van der Waals surface area contributed by atoms with Crippen molar-refractivity contribution in [2.75, 3.05) is 19.0 Å². The molecule has 0 amide bonds. The first-order valence-corrected chi connectivity index (χ1v) is 5.11. The summed E-state index contributed by atoms with van der Waals surface area (Å²) < 4.78 is 4.48. The number of aliphatic hydroxyl groups is 1. The Hall–Kier alpha value is -1.62. The largest absolute Gasteiger partial charge is 0.469 e. The van der Waals surface area contributed by atoms with Crippen LogP contribution in [0.1, 0.15) is 12.8 Å². The van der Waals surface area contributed by atoms with Crippen LogP contribution in [0.5, 0.6) is 0 Å². The first kappa shape index (κ1) is 12.4. The van der Waals surface area contributed by atoms with Crippen LogP contribution in [-0.2, 0) is 9.53 Å². The normalized spacial score (nSPS) is 11.9. The highest BCUT2D eigenvalue weighted by Crippen LogP contribution is 2.04. The Labute approximate surface area is 94.5 Å². The minimum Gasteiger partial charge on any atom is -0.469 e. The summed E-state index contributed by atoms with van der Waals surface area (Å²) in [6, 6.07) is 3.67. The second kappa shape index (κ2) is 6.79. The quantitative estimate of drug-likeness (QED) is 0.699. The monoisotopic (exact) mass is 224 g/mol. The highest BCUT2D eigenvalue weighted by Gasteiger charge is 2.07. The molecule has 88 valence electrons. The Balaban J connectivity index is 2.20. The number of nitrogens with zero attached hydrogens (tertiary/aromatic N) is 1. The molecule has 0 aliphatic carbocycles. The maximum Gasteiger partial charge on any atom is 0.305 e. The first-order chi connectivity index (χ1) is 7.72. The van der Waals surface area contributed by atoms with E-state index in [2.05, 4.69) is 15.0 Å². The molecular formula is C11H16N2O3. The maximum atomic E-state index is 10.8. The van der Waals surface area contributed by atoms with Crippen LogP contribution in [0.25, 0.3) is 0 Å². The summed E-state index contributed by atoms with van der Waals surface area (Å²) >= 11 is 0. The van der Waals surface area contributed by atoms with E-state index in [0.717, 1.165) is 5.69 Å². The number of aromatic nitrogens is 1. The van der Waals surface area contributed by atoms with Gasteiger partial charge in [-0.15, -0.1) is 0 Å². The Kier molecular flexibility index (Phi) is 5.28. The molecular weight excluding hydrogens is 208 g/mol. The highest BCUT2D eigenvalue weighted by atomic mass is 16.5. The number of pyridine rings is 1. The molecule has 0 radical (unpaired) electrons. The minimum absolute atomic E-state index is 0.229. The van der Waals surface area contributed by atoms with Crippen molar-refractivity contribution in [3.8, 4) is 0 Å². The summed E-state index contributed by atoms with van der Waals surface area (Å²) in [5.74, 6) is -0.305. The zero-order valence-corrected chi connectivity index (χ0v) is 9.22. The summed E-state index contributed by atoms with van der Waals surface area (Å²) in [6.45, 7) is 0.392. The van der Waals surface area contributed by atoms with Crippen LogP contribution in [0.4, 0.5) is 5.69 Å². The molecule has 1 aromatic heterocycles. The molecule has 5 nitrogen and oxygen atoms in total. The van der Waals surface area contributed by atoms with Gasteiger partial charge in [-0.3, -0.25) is 9.78 Å².